The molecule has 98 valence electrons. The van der Waals surface area contributed by atoms with Gasteiger partial charge in [0, 0.05) is 11.7 Å². The van der Waals surface area contributed by atoms with Gasteiger partial charge in [-0.2, -0.15) is 0 Å². The molecule has 0 radical (unpaired) electrons. The number of thiazole rings is 1. The molecule has 3 heteroatoms. The van der Waals surface area contributed by atoms with Gasteiger partial charge >= 0.3 is 0 Å². The van der Waals surface area contributed by atoms with E-state index < -0.39 is 0 Å². The highest BCUT2D eigenvalue weighted by Crippen LogP contribution is 2.25. The lowest BCUT2D eigenvalue weighted by Gasteiger charge is -2.16. The van der Waals surface area contributed by atoms with Gasteiger partial charge in [-0.25, -0.2) is 4.98 Å². The second-order valence-electron chi connectivity index (χ2n) is 5.43. The molecule has 1 aromatic heterocycles. The zero-order valence-electron chi connectivity index (χ0n) is 11.7. The van der Waals surface area contributed by atoms with Crippen LogP contribution in [-0.2, 0) is 0 Å². The van der Waals surface area contributed by atoms with Crippen LogP contribution in [0.5, 0.6) is 0 Å². The molecule has 0 amide bonds. The summed E-state index contributed by atoms with van der Waals surface area (Å²) in [4.78, 5) is 4.48. The number of hydrogen-bond acceptors (Lipinski definition) is 3. The second-order valence-corrected chi connectivity index (χ2v) is 6.67. The van der Waals surface area contributed by atoms with Gasteiger partial charge in [0.15, 0.2) is 0 Å². The van der Waals surface area contributed by atoms with Crippen LogP contribution < -0.4 is 5.32 Å². The van der Waals surface area contributed by atoms with Gasteiger partial charge in [0.2, 0.25) is 0 Å². The van der Waals surface area contributed by atoms with Crippen LogP contribution in [0.25, 0.3) is 10.2 Å². The third kappa shape index (κ3) is 3.45. The summed E-state index contributed by atoms with van der Waals surface area (Å²) in [5.74, 6) is 0.779. The van der Waals surface area contributed by atoms with Gasteiger partial charge in [-0.3, -0.25) is 0 Å². The number of rotatable bonds is 5. The Morgan fingerprint density at radius 2 is 2.00 bits per heavy atom. The Morgan fingerprint density at radius 1 is 1.22 bits per heavy atom. The molecule has 2 nitrogen and oxygen atoms in total. The lowest BCUT2D eigenvalue weighted by molar-refractivity contribution is 0.528. The summed E-state index contributed by atoms with van der Waals surface area (Å²) in [5, 5.41) is 4.71. The zero-order valence-corrected chi connectivity index (χ0v) is 12.5. The number of nitrogens with zero attached hydrogens (tertiary/aromatic N) is 1. The Labute approximate surface area is 113 Å². The molecule has 0 saturated carbocycles. The Morgan fingerprint density at radius 3 is 2.72 bits per heavy atom. The molecule has 1 unspecified atom stereocenters. The SMILES string of the molecule is Cc1nc2ccc(NC(C)CCC(C)C)cc2s1. The van der Waals surface area contributed by atoms with E-state index >= 15 is 0 Å². The van der Waals surface area contributed by atoms with Crippen LogP contribution in [0, 0.1) is 12.8 Å². The van der Waals surface area contributed by atoms with Crippen molar-refractivity contribution in [1.82, 2.24) is 4.98 Å². The minimum Gasteiger partial charge on any atom is -0.383 e. The van der Waals surface area contributed by atoms with E-state index in [2.05, 4.69) is 56.2 Å². The van der Waals surface area contributed by atoms with E-state index in [-0.39, 0.29) is 0 Å². The summed E-state index contributed by atoms with van der Waals surface area (Å²) in [6.07, 6.45) is 2.49. The number of anilines is 1. The van der Waals surface area contributed by atoms with Crippen molar-refractivity contribution in [2.24, 2.45) is 5.92 Å². The van der Waals surface area contributed by atoms with Crippen LogP contribution in [0.15, 0.2) is 18.2 Å². The number of benzene rings is 1. The highest BCUT2D eigenvalue weighted by molar-refractivity contribution is 7.18. The molecular weight excluding hydrogens is 240 g/mol. The quantitative estimate of drug-likeness (QED) is 0.834. The zero-order chi connectivity index (χ0) is 13.1. The molecular formula is C15H22N2S. The maximum absolute atomic E-state index is 4.48. The lowest BCUT2D eigenvalue weighted by Crippen LogP contribution is -2.15. The summed E-state index contributed by atoms with van der Waals surface area (Å²) < 4.78 is 1.27. The van der Waals surface area contributed by atoms with Gasteiger partial charge in [0.05, 0.1) is 15.2 Å². The molecule has 1 N–H and O–H groups in total. The predicted octanol–water partition coefficient (Wildman–Crippen LogP) is 4.84. The van der Waals surface area contributed by atoms with Gasteiger partial charge < -0.3 is 5.32 Å². The maximum Gasteiger partial charge on any atom is 0.0907 e. The van der Waals surface area contributed by atoms with Gasteiger partial charge in [-0.1, -0.05) is 13.8 Å². The van der Waals surface area contributed by atoms with Crippen LogP contribution in [0.1, 0.15) is 38.6 Å². The van der Waals surface area contributed by atoms with E-state index in [0.29, 0.717) is 6.04 Å². The normalized spacial score (nSPS) is 13.2. The first-order valence-corrected chi connectivity index (χ1v) is 7.50. The number of aryl methyl sites for hydroxylation is 1. The number of hydrogen-bond donors (Lipinski definition) is 1. The molecule has 1 heterocycles. The number of fused-ring (bicyclic) bond motifs is 1. The summed E-state index contributed by atoms with van der Waals surface area (Å²) in [5.41, 5.74) is 2.32. The molecule has 2 rings (SSSR count). The highest BCUT2D eigenvalue weighted by atomic mass is 32.1. The van der Waals surface area contributed by atoms with Crippen LogP contribution in [0.3, 0.4) is 0 Å². The van der Waals surface area contributed by atoms with E-state index in [1.165, 1.54) is 23.2 Å². The average molecular weight is 262 g/mol. The Bertz CT molecular complexity index is 516. The number of aromatic nitrogens is 1. The van der Waals surface area contributed by atoms with Crippen molar-refractivity contribution in [3.8, 4) is 0 Å². The van der Waals surface area contributed by atoms with Gasteiger partial charge in [0.1, 0.15) is 0 Å². The Kier molecular flexibility index (Phi) is 4.23. The molecule has 0 aliphatic heterocycles. The summed E-state index contributed by atoms with van der Waals surface area (Å²) >= 11 is 1.76. The van der Waals surface area contributed by atoms with Crippen molar-refractivity contribution in [2.75, 3.05) is 5.32 Å². The minimum atomic E-state index is 0.527. The second kappa shape index (κ2) is 5.70. The molecule has 0 aliphatic rings. The van der Waals surface area contributed by atoms with Crippen LogP contribution in [0.4, 0.5) is 5.69 Å². The smallest absolute Gasteiger partial charge is 0.0907 e. The first kappa shape index (κ1) is 13.3. The fraction of sp³-hybridized carbons (Fsp3) is 0.533. The monoisotopic (exact) mass is 262 g/mol. The van der Waals surface area contributed by atoms with Crippen molar-refractivity contribution in [3.63, 3.8) is 0 Å². The van der Waals surface area contributed by atoms with Crippen LogP contribution in [-0.4, -0.2) is 11.0 Å². The van der Waals surface area contributed by atoms with E-state index in [4.69, 9.17) is 0 Å². The van der Waals surface area contributed by atoms with E-state index in [1.807, 2.05) is 0 Å². The molecule has 1 aromatic carbocycles. The van der Waals surface area contributed by atoms with Gasteiger partial charge in [0.25, 0.3) is 0 Å². The van der Waals surface area contributed by atoms with Crippen molar-refractivity contribution in [3.05, 3.63) is 23.2 Å². The first-order chi connectivity index (χ1) is 8.54. The third-order valence-corrected chi connectivity index (χ3v) is 4.02. The first-order valence-electron chi connectivity index (χ1n) is 6.68. The van der Waals surface area contributed by atoms with E-state index in [9.17, 15) is 0 Å². The fourth-order valence-corrected chi connectivity index (χ4v) is 2.94. The van der Waals surface area contributed by atoms with E-state index in [0.717, 1.165) is 16.4 Å². The summed E-state index contributed by atoms with van der Waals surface area (Å²) in [7, 11) is 0. The highest BCUT2D eigenvalue weighted by Gasteiger charge is 2.06. The lowest BCUT2D eigenvalue weighted by atomic mass is 10.0. The summed E-state index contributed by atoms with van der Waals surface area (Å²) in [6, 6.07) is 6.98. The fourth-order valence-electron chi connectivity index (χ4n) is 2.07. The molecule has 2 aromatic rings. The molecule has 1 atom stereocenters. The standard InChI is InChI=1S/C15H22N2S/c1-10(2)5-6-11(3)16-13-7-8-14-15(9-13)18-12(4)17-14/h7-11,16H,5-6H2,1-4H3. The van der Waals surface area contributed by atoms with Crippen molar-refractivity contribution in [1.29, 1.82) is 0 Å². The molecule has 0 spiro atoms. The molecule has 0 fully saturated rings. The predicted molar refractivity (Wildman–Crippen MR) is 81.5 cm³/mol. The Hall–Kier alpha value is -1.09. The molecule has 18 heavy (non-hydrogen) atoms. The van der Waals surface area contributed by atoms with Gasteiger partial charge in [-0.15, -0.1) is 11.3 Å². The van der Waals surface area contributed by atoms with E-state index in [1.54, 1.807) is 11.3 Å². The average Bonchev–Trinajstić information content (AvgIpc) is 2.66. The van der Waals surface area contributed by atoms with Crippen molar-refractivity contribution < 1.29 is 0 Å². The molecule has 0 saturated heterocycles. The maximum atomic E-state index is 4.48. The van der Waals surface area contributed by atoms with Crippen molar-refractivity contribution in [2.45, 2.75) is 46.6 Å². The molecule has 0 aliphatic carbocycles. The topological polar surface area (TPSA) is 24.9 Å². The summed E-state index contributed by atoms with van der Waals surface area (Å²) in [6.45, 7) is 8.87. The van der Waals surface area contributed by atoms with Crippen molar-refractivity contribution >= 4 is 27.2 Å². The molecule has 0 bridgehead atoms. The third-order valence-electron chi connectivity index (χ3n) is 3.09. The largest absolute Gasteiger partial charge is 0.383 e. The van der Waals surface area contributed by atoms with Crippen LogP contribution in [0.2, 0.25) is 0 Å². The minimum absolute atomic E-state index is 0.527. The number of nitrogens with one attached hydrogen (secondary N) is 1. The van der Waals surface area contributed by atoms with Crippen LogP contribution >= 0.6 is 11.3 Å². The Balaban J connectivity index is 2.02. The van der Waals surface area contributed by atoms with Gasteiger partial charge in [-0.05, 0) is 50.8 Å².